The van der Waals surface area contributed by atoms with Crippen molar-refractivity contribution in [2.24, 2.45) is 5.10 Å². The SMILES string of the molecule is CC1=NN(C=O)S(COCc2ccccc2)=C1c1ccccc1.Cl. The molecule has 24 heavy (non-hydrogen) atoms. The lowest BCUT2D eigenvalue weighted by Gasteiger charge is -2.15. The summed E-state index contributed by atoms with van der Waals surface area (Å²) >= 11 is 0. The minimum absolute atomic E-state index is 0. The van der Waals surface area contributed by atoms with Gasteiger partial charge in [0.15, 0.2) is 0 Å². The second kappa shape index (κ2) is 8.78. The first kappa shape index (κ1) is 18.4. The topological polar surface area (TPSA) is 41.9 Å². The molecule has 1 heterocycles. The molecule has 0 saturated heterocycles. The summed E-state index contributed by atoms with van der Waals surface area (Å²) in [6.45, 7) is 2.46. The molecular formula is C18H19ClN2O2S. The first-order chi connectivity index (χ1) is 11.3. The molecule has 1 aliphatic rings. The van der Waals surface area contributed by atoms with Gasteiger partial charge < -0.3 is 4.74 Å². The number of benzene rings is 2. The van der Waals surface area contributed by atoms with Gasteiger partial charge in [-0.2, -0.15) is 9.52 Å². The molecule has 0 spiro atoms. The van der Waals surface area contributed by atoms with Crippen LogP contribution in [0.5, 0.6) is 0 Å². The zero-order valence-corrected chi connectivity index (χ0v) is 14.9. The summed E-state index contributed by atoms with van der Waals surface area (Å²) < 4.78 is 7.33. The summed E-state index contributed by atoms with van der Waals surface area (Å²) in [5, 5.41) is 4.35. The van der Waals surface area contributed by atoms with Crippen LogP contribution in [0, 0.1) is 0 Å². The molecule has 2 aromatic rings. The molecule has 3 rings (SSSR count). The lowest BCUT2D eigenvalue weighted by molar-refractivity contribution is -0.113. The van der Waals surface area contributed by atoms with Gasteiger partial charge in [0.05, 0.1) is 17.2 Å². The Morgan fingerprint density at radius 3 is 2.33 bits per heavy atom. The summed E-state index contributed by atoms with van der Waals surface area (Å²) in [6.07, 6.45) is 0.772. The van der Waals surface area contributed by atoms with Crippen LogP contribution in [0.3, 0.4) is 0 Å². The number of halogens is 1. The molecule has 126 valence electrons. The van der Waals surface area contributed by atoms with Crippen molar-refractivity contribution in [2.45, 2.75) is 13.5 Å². The van der Waals surface area contributed by atoms with E-state index in [1.54, 1.807) is 0 Å². The third kappa shape index (κ3) is 4.12. The molecule has 0 radical (unpaired) electrons. The minimum Gasteiger partial charge on any atom is -0.365 e. The minimum atomic E-state index is -0.502. The number of hydrogen-bond donors (Lipinski definition) is 0. The lowest BCUT2D eigenvalue weighted by Crippen LogP contribution is -2.12. The first-order valence-corrected chi connectivity index (χ1v) is 8.70. The van der Waals surface area contributed by atoms with Gasteiger partial charge in [0.2, 0.25) is 6.41 Å². The van der Waals surface area contributed by atoms with Crippen molar-refractivity contribution in [3.63, 3.8) is 0 Å². The molecule has 2 aromatic carbocycles. The van der Waals surface area contributed by atoms with Crippen molar-refractivity contribution >= 4 is 40.1 Å². The third-order valence-electron chi connectivity index (χ3n) is 3.47. The van der Waals surface area contributed by atoms with Crippen molar-refractivity contribution in [1.29, 1.82) is 0 Å². The first-order valence-electron chi connectivity index (χ1n) is 7.35. The van der Waals surface area contributed by atoms with Gasteiger partial charge in [-0.3, -0.25) is 4.79 Å². The molecule has 0 aliphatic carbocycles. The average Bonchev–Trinajstić information content (AvgIpc) is 2.92. The fourth-order valence-corrected chi connectivity index (χ4v) is 4.21. The van der Waals surface area contributed by atoms with Crippen molar-refractivity contribution < 1.29 is 9.53 Å². The highest BCUT2D eigenvalue weighted by atomic mass is 35.5. The highest BCUT2D eigenvalue weighted by Gasteiger charge is 2.23. The van der Waals surface area contributed by atoms with Crippen molar-refractivity contribution in [3.8, 4) is 0 Å². The maximum absolute atomic E-state index is 11.3. The summed E-state index contributed by atoms with van der Waals surface area (Å²) in [6, 6.07) is 20.1. The predicted octanol–water partition coefficient (Wildman–Crippen LogP) is 3.84. The molecule has 0 N–H and O–H groups in total. The van der Waals surface area contributed by atoms with E-state index in [0.29, 0.717) is 12.5 Å². The second-order valence-electron chi connectivity index (χ2n) is 5.11. The van der Waals surface area contributed by atoms with Crippen LogP contribution in [0.1, 0.15) is 18.1 Å². The van der Waals surface area contributed by atoms with E-state index in [1.165, 1.54) is 4.41 Å². The van der Waals surface area contributed by atoms with Crippen LogP contribution in [0.25, 0.3) is 0 Å². The van der Waals surface area contributed by atoms with Crippen molar-refractivity contribution in [2.75, 3.05) is 5.94 Å². The molecule has 1 aliphatic heterocycles. The predicted molar refractivity (Wildman–Crippen MR) is 103 cm³/mol. The zero-order valence-electron chi connectivity index (χ0n) is 13.3. The smallest absolute Gasteiger partial charge is 0.239 e. The second-order valence-corrected chi connectivity index (χ2v) is 6.85. The highest BCUT2D eigenvalue weighted by Crippen LogP contribution is 2.30. The van der Waals surface area contributed by atoms with E-state index in [9.17, 15) is 4.79 Å². The van der Waals surface area contributed by atoms with Gasteiger partial charge in [0.1, 0.15) is 5.94 Å². The van der Waals surface area contributed by atoms with Gasteiger partial charge in [-0.1, -0.05) is 60.7 Å². The molecule has 4 nitrogen and oxygen atoms in total. The molecule has 1 amide bonds. The van der Waals surface area contributed by atoms with Crippen LogP contribution in [0.15, 0.2) is 65.8 Å². The number of amides is 1. The molecule has 1 atom stereocenters. The van der Waals surface area contributed by atoms with Gasteiger partial charge in [-0.25, -0.2) is 0 Å². The van der Waals surface area contributed by atoms with E-state index in [4.69, 9.17) is 4.74 Å². The maximum Gasteiger partial charge on any atom is 0.239 e. The fraction of sp³-hybridized carbons (Fsp3) is 0.167. The molecule has 0 aromatic heterocycles. The molecule has 0 bridgehead atoms. The molecular weight excluding hydrogens is 344 g/mol. The van der Waals surface area contributed by atoms with Gasteiger partial charge in [0.25, 0.3) is 0 Å². The Morgan fingerprint density at radius 1 is 1.08 bits per heavy atom. The number of ether oxygens (including phenoxy) is 1. The van der Waals surface area contributed by atoms with Crippen molar-refractivity contribution in [3.05, 3.63) is 71.8 Å². The molecule has 6 heteroatoms. The van der Waals surface area contributed by atoms with E-state index in [2.05, 4.69) is 5.10 Å². The quantitative estimate of drug-likeness (QED) is 0.578. The summed E-state index contributed by atoms with van der Waals surface area (Å²) in [5.74, 6) is 0.443. The van der Waals surface area contributed by atoms with Crippen LogP contribution in [-0.2, 0) is 16.1 Å². The largest absolute Gasteiger partial charge is 0.365 e. The Hall–Kier alpha value is -1.95. The maximum atomic E-state index is 11.3. The highest BCUT2D eigenvalue weighted by molar-refractivity contribution is 8.15. The van der Waals surface area contributed by atoms with Crippen LogP contribution in [0.4, 0.5) is 0 Å². The van der Waals surface area contributed by atoms with E-state index < -0.39 is 10.7 Å². The standard InChI is InChI=1S/C18H18N2O2S.ClH/c1-15-18(17-10-6-3-7-11-17)23(20(13-21)19-15)14-22-12-16-8-4-2-5-9-16;/h2-11,13H,12,14H2,1H3;1H. The number of carbonyl (C=O) groups excluding carboxylic acids is 1. The molecule has 0 fully saturated rings. The van der Waals surface area contributed by atoms with E-state index in [1.807, 2.05) is 67.6 Å². The average molecular weight is 363 g/mol. The Labute approximate surface area is 150 Å². The van der Waals surface area contributed by atoms with Crippen LogP contribution < -0.4 is 0 Å². The Morgan fingerprint density at radius 2 is 1.71 bits per heavy atom. The number of carbonyl (C=O) groups is 1. The number of hydrazone groups is 1. The monoisotopic (exact) mass is 362 g/mol. The van der Waals surface area contributed by atoms with Crippen molar-refractivity contribution in [1.82, 2.24) is 4.41 Å². The van der Waals surface area contributed by atoms with Gasteiger partial charge in [0, 0.05) is 0 Å². The van der Waals surface area contributed by atoms with Crippen LogP contribution in [-0.4, -0.2) is 27.3 Å². The zero-order chi connectivity index (χ0) is 16.1. The van der Waals surface area contributed by atoms with Gasteiger partial charge >= 0.3 is 0 Å². The van der Waals surface area contributed by atoms with Gasteiger partial charge in [-0.05, 0) is 28.7 Å². The fourth-order valence-electron chi connectivity index (χ4n) is 2.44. The molecule has 1 unspecified atom stereocenters. The third-order valence-corrected chi connectivity index (χ3v) is 5.48. The lowest BCUT2D eigenvalue weighted by atomic mass is 10.1. The van der Waals surface area contributed by atoms with Crippen LogP contribution >= 0.6 is 23.1 Å². The van der Waals surface area contributed by atoms with Gasteiger partial charge in [-0.15, -0.1) is 12.4 Å². The Bertz CT molecular complexity index is 748. The summed E-state index contributed by atoms with van der Waals surface area (Å²) in [5.41, 5.74) is 3.08. The van der Waals surface area contributed by atoms with Crippen LogP contribution in [0.2, 0.25) is 0 Å². The summed E-state index contributed by atoms with van der Waals surface area (Å²) in [7, 11) is -0.502. The van der Waals surface area contributed by atoms with E-state index in [-0.39, 0.29) is 12.4 Å². The summed E-state index contributed by atoms with van der Waals surface area (Å²) in [4.78, 5) is 12.4. The molecule has 0 saturated carbocycles. The normalized spacial score (nSPS) is 16.5. The van der Waals surface area contributed by atoms with E-state index >= 15 is 0 Å². The Balaban J connectivity index is 0.00000208. The Kier molecular flexibility index (Phi) is 6.73. The van der Waals surface area contributed by atoms with E-state index in [0.717, 1.165) is 28.1 Å². The number of rotatable bonds is 6. The number of hydrogen-bond acceptors (Lipinski definition) is 3. The number of nitrogens with zero attached hydrogens (tertiary/aromatic N) is 2.